The van der Waals surface area contributed by atoms with Gasteiger partial charge in [-0.1, -0.05) is 6.92 Å². The van der Waals surface area contributed by atoms with Crippen molar-refractivity contribution in [2.75, 3.05) is 43.9 Å². The number of aromatic nitrogens is 4. The van der Waals surface area contributed by atoms with Gasteiger partial charge in [-0.15, -0.1) is 0 Å². The van der Waals surface area contributed by atoms with Crippen LogP contribution in [0.1, 0.15) is 42.6 Å². The van der Waals surface area contributed by atoms with Gasteiger partial charge < -0.3 is 20.6 Å². The molecule has 0 aliphatic carbocycles. The number of nitriles is 1. The quantitative estimate of drug-likeness (QED) is 0.534. The fourth-order valence-corrected chi connectivity index (χ4v) is 4.82. The number of anilines is 3. The summed E-state index contributed by atoms with van der Waals surface area (Å²) < 4.78 is 2.07. The molecule has 2 aliphatic heterocycles. The molecule has 1 atom stereocenters. The SMILES string of the molecule is Cc1nn(C2CCN(C)CC2)cc1Nc1nccc(-c2cc(C#N)c3c(c2)[C@@](C)(CO)CN3)n1. The normalized spacial score (nSPS) is 20.6. The molecular weight excluding hydrogens is 428 g/mol. The number of rotatable bonds is 5. The van der Waals surface area contributed by atoms with Crippen molar-refractivity contribution in [3.05, 3.63) is 47.4 Å². The predicted molar refractivity (Wildman–Crippen MR) is 131 cm³/mol. The molecule has 0 amide bonds. The maximum atomic E-state index is 9.97. The molecule has 34 heavy (non-hydrogen) atoms. The minimum absolute atomic E-state index is 0.00154. The number of aliphatic hydroxyl groups excluding tert-OH is 1. The van der Waals surface area contributed by atoms with Crippen molar-refractivity contribution < 1.29 is 5.11 Å². The van der Waals surface area contributed by atoms with E-state index < -0.39 is 5.41 Å². The van der Waals surface area contributed by atoms with Crippen molar-refractivity contribution in [3.8, 4) is 17.3 Å². The monoisotopic (exact) mass is 458 g/mol. The number of benzene rings is 1. The Balaban J connectivity index is 1.43. The number of likely N-dealkylation sites (tertiary alicyclic amines) is 1. The molecule has 0 radical (unpaired) electrons. The molecule has 0 saturated carbocycles. The first-order valence-corrected chi connectivity index (χ1v) is 11.7. The molecule has 9 heteroatoms. The number of hydrogen-bond donors (Lipinski definition) is 3. The van der Waals surface area contributed by atoms with E-state index in [4.69, 9.17) is 10.1 Å². The van der Waals surface area contributed by atoms with Gasteiger partial charge in [-0.2, -0.15) is 10.4 Å². The van der Waals surface area contributed by atoms with E-state index in [0.717, 1.165) is 54.1 Å². The van der Waals surface area contributed by atoms with Crippen molar-refractivity contribution in [2.45, 2.75) is 38.1 Å². The van der Waals surface area contributed by atoms with Gasteiger partial charge in [-0.25, -0.2) is 9.97 Å². The largest absolute Gasteiger partial charge is 0.395 e. The zero-order valence-corrected chi connectivity index (χ0v) is 19.8. The molecule has 1 fully saturated rings. The third-order valence-corrected chi connectivity index (χ3v) is 7.09. The highest BCUT2D eigenvalue weighted by molar-refractivity contribution is 5.76. The van der Waals surface area contributed by atoms with E-state index >= 15 is 0 Å². The van der Waals surface area contributed by atoms with Gasteiger partial charge in [-0.3, -0.25) is 4.68 Å². The standard InChI is InChI=1S/C25H30N8O/c1-16-22(13-33(31-16)19-5-8-32(3)9-6-19)30-24-27-7-4-21(29-24)17-10-18(12-26)23-20(11-17)25(2,15-34)14-28-23/h4,7,10-11,13,19,28,34H,5-6,8-9,14-15H2,1-3H3,(H,27,29,30)/t25-/m1/s1. The summed E-state index contributed by atoms with van der Waals surface area (Å²) in [6.07, 6.45) is 5.93. The summed E-state index contributed by atoms with van der Waals surface area (Å²) in [4.78, 5) is 11.5. The Morgan fingerprint density at radius 2 is 2.12 bits per heavy atom. The average Bonchev–Trinajstić information content (AvgIpc) is 3.39. The van der Waals surface area contributed by atoms with Crippen molar-refractivity contribution >= 4 is 17.3 Å². The Bertz CT molecular complexity index is 1250. The van der Waals surface area contributed by atoms with Crippen LogP contribution in [-0.2, 0) is 5.41 Å². The maximum absolute atomic E-state index is 9.97. The van der Waals surface area contributed by atoms with Crippen LogP contribution in [0.25, 0.3) is 11.3 Å². The van der Waals surface area contributed by atoms with Crippen LogP contribution < -0.4 is 10.6 Å². The van der Waals surface area contributed by atoms with Gasteiger partial charge in [0.05, 0.1) is 41.0 Å². The van der Waals surface area contributed by atoms with Crippen molar-refractivity contribution in [2.24, 2.45) is 0 Å². The Hall–Kier alpha value is -3.48. The summed E-state index contributed by atoms with van der Waals surface area (Å²) in [5, 5.41) is 31.0. The Morgan fingerprint density at radius 1 is 1.32 bits per heavy atom. The summed E-state index contributed by atoms with van der Waals surface area (Å²) in [7, 11) is 2.16. The van der Waals surface area contributed by atoms with Gasteiger partial charge in [0.15, 0.2) is 0 Å². The molecule has 5 rings (SSSR count). The van der Waals surface area contributed by atoms with Gasteiger partial charge in [0.25, 0.3) is 0 Å². The van der Waals surface area contributed by atoms with Gasteiger partial charge in [0, 0.05) is 29.9 Å². The highest BCUT2D eigenvalue weighted by Gasteiger charge is 2.36. The number of hydrogen-bond acceptors (Lipinski definition) is 8. The number of fused-ring (bicyclic) bond motifs is 1. The number of piperidine rings is 1. The summed E-state index contributed by atoms with van der Waals surface area (Å²) in [6, 6.07) is 8.37. The van der Waals surface area contributed by atoms with Gasteiger partial charge in [-0.05, 0) is 63.7 Å². The molecule has 4 heterocycles. The number of aryl methyl sites for hydroxylation is 1. The highest BCUT2D eigenvalue weighted by Crippen LogP contribution is 2.41. The van der Waals surface area contributed by atoms with Crippen LogP contribution in [0.15, 0.2) is 30.6 Å². The Labute approximate surface area is 199 Å². The summed E-state index contributed by atoms with van der Waals surface area (Å²) in [5.74, 6) is 0.477. The molecule has 1 saturated heterocycles. The third-order valence-electron chi connectivity index (χ3n) is 7.09. The summed E-state index contributed by atoms with van der Waals surface area (Å²) in [5.41, 5.74) is 5.17. The van der Waals surface area contributed by atoms with Crippen LogP contribution in [0.4, 0.5) is 17.3 Å². The van der Waals surface area contributed by atoms with Crippen molar-refractivity contribution in [1.82, 2.24) is 24.6 Å². The van der Waals surface area contributed by atoms with E-state index in [2.05, 4.69) is 38.3 Å². The zero-order chi connectivity index (χ0) is 23.9. The van der Waals surface area contributed by atoms with E-state index in [-0.39, 0.29) is 6.61 Å². The molecule has 0 spiro atoms. The molecule has 2 aliphatic rings. The first-order chi connectivity index (χ1) is 16.4. The minimum atomic E-state index is -0.440. The predicted octanol–water partition coefficient (Wildman–Crippen LogP) is 3.21. The number of nitrogens with zero attached hydrogens (tertiary/aromatic N) is 6. The lowest BCUT2D eigenvalue weighted by Gasteiger charge is -2.28. The number of aliphatic hydroxyl groups is 1. The lowest BCUT2D eigenvalue weighted by molar-refractivity contribution is 0.212. The lowest BCUT2D eigenvalue weighted by Crippen LogP contribution is -2.31. The summed E-state index contributed by atoms with van der Waals surface area (Å²) >= 11 is 0. The Morgan fingerprint density at radius 3 is 2.85 bits per heavy atom. The van der Waals surface area contributed by atoms with Crippen LogP contribution >= 0.6 is 0 Å². The van der Waals surface area contributed by atoms with Crippen LogP contribution in [0.5, 0.6) is 0 Å². The molecule has 0 bridgehead atoms. The second-order valence-corrected chi connectivity index (χ2v) is 9.66. The van der Waals surface area contributed by atoms with E-state index in [1.165, 1.54) is 0 Å². The molecular formula is C25H30N8O. The van der Waals surface area contributed by atoms with Crippen LogP contribution in [0.2, 0.25) is 0 Å². The molecule has 2 aromatic heterocycles. The van der Waals surface area contributed by atoms with E-state index in [1.54, 1.807) is 6.20 Å². The van der Waals surface area contributed by atoms with E-state index in [1.807, 2.05) is 38.2 Å². The fraction of sp³-hybridized carbons (Fsp3) is 0.440. The molecule has 9 nitrogen and oxygen atoms in total. The van der Waals surface area contributed by atoms with Gasteiger partial charge in [0.1, 0.15) is 6.07 Å². The molecule has 1 aromatic carbocycles. The van der Waals surface area contributed by atoms with Gasteiger partial charge in [0.2, 0.25) is 5.95 Å². The topological polar surface area (TPSA) is 115 Å². The van der Waals surface area contributed by atoms with Crippen LogP contribution in [0, 0.1) is 18.3 Å². The fourth-order valence-electron chi connectivity index (χ4n) is 4.82. The van der Waals surface area contributed by atoms with Crippen molar-refractivity contribution in [3.63, 3.8) is 0 Å². The molecule has 176 valence electrons. The first-order valence-electron chi connectivity index (χ1n) is 11.7. The average molecular weight is 459 g/mol. The van der Waals surface area contributed by atoms with E-state index in [0.29, 0.717) is 29.8 Å². The minimum Gasteiger partial charge on any atom is -0.395 e. The van der Waals surface area contributed by atoms with Crippen molar-refractivity contribution in [1.29, 1.82) is 5.26 Å². The first kappa shape index (κ1) is 22.3. The molecule has 0 unspecified atom stereocenters. The maximum Gasteiger partial charge on any atom is 0.227 e. The smallest absolute Gasteiger partial charge is 0.227 e. The Kier molecular flexibility index (Phi) is 5.71. The highest BCUT2D eigenvalue weighted by atomic mass is 16.3. The van der Waals surface area contributed by atoms with E-state index in [9.17, 15) is 10.4 Å². The summed E-state index contributed by atoms with van der Waals surface area (Å²) in [6.45, 7) is 6.72. The molecule has 3 N–H and O–H groups in total. The zero-order valence-electron chi connectivity index (χ0n) is 19.8. The van der Waals surface area contributed by atoms with Crippen LogP contribution in [0.3, 0.4) is 0 Å². The van der Waals surface area contributed by atoms with Gasteiger partial charge >= 0.3 is 0 Å². The third kappa shape index (κ3) is 4.00. The lowest BCUT2D eigenvalue weighted by atomic mass is 9.83. The second-order valence-electron chi connectivity index (χ2n) is 9.66. The van der Waals surface area contributed by atoms with Crippen LogP contribution in [-0.4, -0.2) is 63.0 Å². The second kappa shape index (κ2) is 8.70. The number of nitrogens with one attached hydrogen (secondary N) is 2. The molecule has 3 aromatic rings.